The van der Waals surface area contributed by atoms with E-state index in [-0.39, 0.29) is 42.2 Å². The second kappa shape index (κ2) is 11.9. The summed E-state index contributed by atoms with van der Waals surface area (Å²) in [5.41, 5.74) is 0.954. The highest BCUT2D eigenvalue weighted by Gasteiger charge is 2.35. The molecule has 10 heteroatoms. The maximum absolute atomic E-state index is 14.2. The molecule has 0 N–H and O–H groups in total. The van der Waals surface area contributed by atoms with Gasteiger partial charge in [-0.3, -0.25) is 4.79 Å². The van der Waals surface area contributed by atoms with Gasteiger partial charge in [-0.1, -0.05) is 44.0 Å². The number of thiophene rings is 1. The number of nitrogens with zero attached hydrogens (tertiary/aromatic N) is 2. The number of fused-ring (bicyclic) bond motifs is 1. The summed E-state index contributed by atoms with van der Waals surface area (Å²) in [4.78, 5) is 16.6. The SMILES string of the molecule is CC[C@@H](C)CN(CC(=O)N1CCc2sccc2[C@@H]1COc1ccccc1F)S(=O)(=O)c1ccc(Cl)cc1. The van der Waals surface area contributed by atoms with Crippen LogP contribution in [0.2, 0.25) is 5.02 Å². The van der Waals surface area contributed by atoms with E-state index in [2.05, 4.69) is 0 Å². The molecule has 4 rings (SSSR count). The molecule has 0 aliphatic carbocycles. The summed E-state index contributed by atoms with van der Waals surface area (Å²) in [7, 11) is -3.94. The van der Waals surface area contributed by atoms with Crippen molar-refractivity contribution in [2.75, 3.05) is 26.2 Å². The van der Waals surface area contributed by atoms with Gasteiger partial charge in [-0.2, -0.15) is 4.31 Å². The minimum atomic E-state index is -3.94. The molecule has 2 aromatic carbocycles. The number of carbonyl (C=O) groups excluding carboxylic acids is 1. The lowest BCUT2D eigenvalue weighted by Gasteiger charge is -2.37. The predicted octanol–water partition coefficient (Wildman–Crippen LogP) is 5.78. The van der Waals surface area contributed by atoms with Crippen molar-refractivity contribution in [3.8, 4) is 5.75 Å². The van der Waals surface area contributed by atoms with Crippen LogP contribution in [0.1, 0.15) is 36.8 Å². The van der Waals surface area contributed by atoms with Gasteiger partial charge in [0, 0.05) is 23.0 Å². The van der Waals surface area contributed by atoms with Crippen LogP contribution in [0.15, 0.2) is 64.9 Å². The number of hydrogen-bond acceptors (Lipinski definition) is 5. The molecule has 2 atom stereocenters. The maximum Gasteiger partial charge on any atom is 0.243 e. The Morgan fingerprint density at radius 3 is 2.65 bits per heavy atom. The van der Waals surface area contributed by atoms with E-state index in [0.717, 1.165) is 16.9 Å². The Bertz CT molecular complexity index is 1330. The zero-order chi connectivity index (χ0) is 26.6. The minimum Gasteiger partial charge on any atom is -0.488 e. The Balaban J connectivity index is 1.59. The second-order valence-electron chi connectivity index (χ2n) is 9.16. The summed E-state index contributed by atoms with van der Waals surface area (Å²) in [6, 6.07) is 13.6. The molecule has 37 heavy (non-hydrogen) atoms. The molecule has 2 heterocycles. The van der Waals surface area contributed by atoms with Crippen molar-refractivity contribution in [3.05, 3.63) is 81.3 Å². The average molecular weight is 565 g/mol. The molecule has 0 spiro atoms. The molecule has 0 unspecified atom stereocenters. The van der Waals surface area contributed by atoms with Crippen molar-refractivity contribution in [1.29, 1.82) is 0 Å². The molecule has 198 valence electrons. The van der Waals surface area contributed by atoms with Crippen LogP contribution >= 0.6 is 22.9 Å². The summed E-state index contributed by atoms with van der Waals surface area (Å²) in [6.07, 6.45) is 1.44. The number of hydrogen-bond donors (Lipinski definition) is 0. The third-order valence-corrected chi connectivity index (χ3v) is 9.70. The first kappa shape index (κ1) is 27.6. The van der Waals surface area contributed by atoms with Crippen LogP contribution in [0, 0.1) is 11.7 Å². The first-order valence-corrected chi connectivity index (χ1v) is 14.9. The Labute approximate surface area is 226 Å². The fourth-order valence-electron chi connectivity index (χ4n) is 4.33. The van der Waals surface area contributed by atoms with Crippen molar-refractivity contribution < 1.29 is 22.3 Å². The Morgan fingerprint density at radius 1 is 1.22 bits per heavy atom. The lowest BCUT2D eigenvalue weighted by molar-refractivity contribution is -0.135. The van der Waals surface area contributed by atoms with Crippen molar-refractivity contribution in [3.63, 3.8) is 0 Å². The molecule has 1 aromatic heterocycles. The molecular formula is C27H30ClFN2O4S2. The highest BCUT2D eigenvalue weighted by molar-refractivity contribution is 7.89. The van der Waals surface area contributed by atoms with E-state index in [4.69, 9.17) is 16.3 Å². The van der Waals surface area contributed by atoms with Gasteiger partial charge >= 0.3 is 0 Å². The lowest BCUT2D eigenvalue weighted by Crippen LogP contribution is -2.48. The van der Waals surface area contributed by atoms with E-state index in [1.54, 1.807) is 34.4 Å². The van der Waals surface area contributed by atoms with Crippen LogP contribution in [0.25, 0.3) is 0 Å². The number of ether oxygens (including phenoxy) is 1. The number of rotatable bonds is 10. The summed E-state index contributed by atoms with van der Waals surface area (Å²) in [6.45, 7) is 4.34. The Hall–Kier alpha value is -2.46. The van der Waals surface area contributed by atoms with Crippen LogP contribution in [0.3, 0.4) is 0 Å². The molecule has 0 radical (unpaired) electrons. The smallest absolute Gasteiger partial charge is 0.243 e. The summed E-state index contributed by atoms with van der Waals surface area (Å²) in [5, 5.41) is 2.40. The molecule has 0 bridgehead atoms. The number of halogens is 2. The van der Waals surface area contributed by atoms with Crippen molar-refractivity contribution in [1.82, 2.24) is 9.21 Å². The number of sulfonamides is 1. The van der Waals surface area contributed by atoms with Gasteiger partial charge in [-0.05, 0) is 65.7 Å². The van der Waals surface area contributed by atoms with E-state index in [9.17, 15) is 17.6 Å². The van der Waals surface area contributed by atoms with E-state index in [1.807, 2.05) is 25.3 Å². The Morgan fingerprint density at radius 2 is 1.95 bits per heavy atom. The first-order chi connectivity index (χ1) is 17.7. The Kier molecular flexibility index (Phi) is 8.90. The summed E-state index contributed by atoms with van der Waals surface area (Å²) < 4.78 is 48.4. The van der Waals surface area contributed by atoms with Gasteiger partial charge in [0.2, 0.25) is 15.9 Å². The van der Waals surface area contributed by atoms with Gasteiger partial charge in [-0.15, -0.1) is 11.3 Å². The largest absolute Gasteiger partial charge is 0.488 e. The zero-order valence-electron chi connectivity index (χ0n) is 20.8. The molecule has 1 amide bonds. The number of carbonyl (C=O) groups is 1. The first-order valence-electron chi connectivity index (χ1n) is 12.2. The highest BCUT2D eigenvalue weighted by atomic mass is 35.5. The van der Waals surface area contributed by atoms with Crippen LogP contribution in [-0.4, -0.2) is 49.8 Å². The fraction of sp³-hybridized carbons (Fsp3) is 0.370. The third-order valence-electron chi connectivity index (χ3n) is 6.62. The molecule has 0 saturated carbocycles. The quantitative estimate of drug-likeness (QED) is 0.313. The second-order valence-corrected chi connectivity index (χ2v) is 12.5. The minimum absolute atomic E-state index is 0.0555. The van der Waals surface area contributed by atoms with Gasteiger partial charge in [-0.25, -0.2) is 12.8 Å². The molecular weight excluding hydrogens is 535 g/mol. The van der Waals surface area contributed by atoms with Crippen LogP contribution in [0.4, 0.5) is 4.39 Å². The normalized spacial score (nSPS) is 16.5. The van der Waals surface area contributed by atoms with Gasteiger partial charge in [0.05, 0.1) is 17.5 Å². The average Bonchev–Trinajstić information content (AvgIpc) is 3.37. The summed E-state index contributed by atoms with van der Waals surface area (Å²) in [5.74, 6) is -0.629. The van der Waals surface area contributed by atoms with Crippen LogP contribution in [0.5, 0.6) is 5.75 Å². The topological polar surface area (TPSA) is 66.9 Å². The van der Waals surface area contributed by atoms with Crippen LogP contribution in [-0.2, 0) is 21.2 Å². The fourth-order valence-corrected chi connectivity index (χ4v) is 6.89. The van der Waals surface area contributed by atoms with Gasteiger partial charge in [0.1, 0.15) is 6.61 Å². The predicted molar refractivity (Wildman–Crippen MR) is 144 cm³/mol. The molecule has 6 nitrogen and oxygen atoms in total. The summed E-state index contributed by atoms with van der Waals surface area (Å²) >= 11 is 7.57. The van der Waals surface area contributed by atoms with E-state index < -0.39 is 21.9 Å². The van der Waals surface area contributed by atoms with E-state index in [0.29, 0.717) is 18.0 Å². The van der Waals surface area contributed by atoms with Crippen molar-refractivity contribution in [2.24, 2.45) is 5.92 Å². The van der Waals surface area contributed by atoms with Crippen LogP contribution < -0.4 is 4.74 Å². The standard InChI is InChI=1S/C27H30ClFN2O4S2/c1-3-19(2)16-30(37(33,34)21-10-8-20(28)9-11-21)17-27(32)31-14-12-26-22(13-15-36-26)24(31)18-35-25-7-5-4-6-23(25)29/h4-11,13,15,19,24H,3,12,14,16-18H2,1-2H3/t19-,24+/m1/s1. The van der Waals surface area contributed by atoms with Gasteiger partial charge in [0.15, 0.2) is 11.6 Å². The molecule has 1 aliphatic rings. The highest BCUT2D eigenvalue weighted by Crippen LogP contribution is 2.34. The van der Waals surface area contributed by atoms with E-state index >= 15 is 0 Å². The molecule has 0 saturated heterocycles. The molecule has 3 aromatic rings. The van der Waals surface area contributed by atoms with Gasteiger partial charge in [0.25, 0.3) is 0 Å². The number of benzene rings is 2. The number of amides is 1. The van der Waals surface area contributed by atoms with Crippen molar-refractivity contribution >= 4 is 38.9 Å². The molecule has 1 aliphatic heterocycles. The zero-order valence-corrected chi connectivity index (χ0v) is 23.2. The number of para-hydroxylation sites is 1. The monoisotopic (exact) mass is 564 g/mol. The third kappa shape index (κ3) is 6.34. The van der Waals surface area contributed by atoms with Crippen molar-refractivity contribution in [2.45, 2.75) is 37.6 Å². The maximum atomic E-state index is 14.2. The van der Waals surface area contributed by atoms with Gasteiger partial charge < -0.3 is 9.64 Å². The molecule has 0 fully saturated rings. The van der Waals surface area contributed by atoms with E-state index in [1.165, 1.54) is 34.6 Å². The lowest BCUT2D eigenvalue weighted by atomic mass is 10.0.